The molecule has 8 nitrogen and oxygen atoms in total. The average Bonchev–Trinajstić information content (AvgIpc) is 3.59. The van der Waals surface area contributed by atoms with E-state index < -0.39 is 23.5 Å². The molecule has 1 unspecified atom stereocenters. The van der Waals surface area contributed by atoms with Gasteiger partial charge in [-0.3, -0.25) is 14.5 Å². The second-order valence-corrected chi connectivity index (χ2v) is 10.8. The predicted molar refractivity (Wildman–Crippen MR) is 147 cm³/mol. The van der Waals surface area contributed by atoms with Crippen LogP contribution in [0.3, 0.4) is 0 Å². The molecule has 1 aliphatic heterocycles. The molecule has 5 aromatic rings. The molecule has 0 bridgehead atoms. The molecule has 2 N–H and O–H groups in total. The summed E-state index contributed by atoms with van der Waals surface area (Å²) in [6.07, 6.45) is 0. The first-order valence-corrected chi connectivity index (χ1v) is 13.2. The van der Waals surface area contributed by atoms with Gasteiger partial charge in [0.1, 0.15) is 5.58 Å². The fourth-order valence-electron chi connectivity index (χ4n) is 4.47. The Morgan fingerprint density at radius 3 is 2.71 bits per heavy atom. The number of furan rings is 1. The summed E-state index contributed by atoms with van der Waals surface area (Å²) in [6.45, 7) is 0. The van der Waals surface area contributed by atoms with Crippen LogP contribution in [0.1, 0.15) is 22.2 Å². The number of hydrogen-bond donors (Lipinski definition) is 2. The van der Waals surface area contributed by atoms with Gasteiger partial charge in [-0.15, -0.1) is 0 Å². The van der Waals surface area contributed by atoms with Crippen molar-refractivity contribution in [3.05, 3.63) is 92.8 Å². The van der Waals surface area contributed by atoms with Crippen LogP contribution in [-0.4, -0.2) is 34.0 Å². The molecule has 38 heavy (non-hydrogen) atoms. The number of phenolic OH excluding ortho intramolecular Hbond substituents is 1. The van der Waals surface area contributed by atoms with E-state index in [1.165, 1.54) is 29.4 Å². The fraction of sp³-hybridized carbons (Fsp3) is 0.0741. The van der Waals surface area contributed by atoms with Crippen LogP contribution >= 0.6 is 38.9 Å². The smallest absolute Gasteiger partial charge is 0.296 e. The second kappa shape index (κ2) is 9.16. The molecule has 1 aliphatic rings. The number of halogens is 2. The number of ether oxygens (including phenoxy) is 1. The Bertz CT molecular complexity index is 1790. The number of rotatable bonds is 5. The number of carbonyl (C=O) groups excluding carboxylic acids is 2. The van der Waals surface area contributed by atoms with Gasteiger partial charge in [-0.1, -0.05) is 41.1 Å². The number of ketones is 1. The zero-order chi connectivity index (χ0) is 26.7. The number of anilines is 1. The molecule has 3 aromatic carbocycles. The van der Waals surface area contributed by atoms with Crippen LogP contribution in [0.4, 0.5) is 5.13 Å². The Morgan fingerprint density at radius 1 is 1.16 bits per heavy atom. The van der Waals surface area contributed by atoms with Crippen molar-refractivity contribution < 1.29 is 29.0 Å². The molecule has 11 heteroatoms. The van der Waals surface area contributed by atoms with Crippen molar-refractivity contribution in [3.8, 4) is 11.5 Å². The summed E-state index contributed by atoms with van der Waals surface area (Å²) >= 11 is 10.6. The third-order valence-corrected chi connectivity index (χ3v) is 8.09. The minimum Gasteiger partial charge on any atom is -0.503 e. The van der Waals surface area contributed by atoms with E-state index in [4.69, 9.17) is 20.8 Å². The number of thiazole rings is 1. The Balaban J connectivity index is 1.55. The number of amides is 1. The highest BCUT2D eigenvalue weighted by Gasteiger charge is 2.47. The Morgan fingerprint density at radius 2 is 1.95 bits per heavy atom. The van der Waals surface area contributed by atoms with E-state index in [1.807, 2.05) is 6.07 Å². The van der Waals surface area contributed by atoms with Gasteiger partial charge in [-0.05, 0) is 64.0 Å². The van der Waals surface area contributed by atoms with Gasteiger partial charge >= 0.3 is 0 Å². The van der Waals surface area contributed by atoms with Crippen molar-refractivity contribution in [3.63, 3.8) is 0 Å². The van der Waals surface area contributed by atoms with Crippen molar-refractivity contribution >= 4 is 76.9 Å². The van der Waals surface area contributed by atoms with E-state index in [0.717, 1.165) is 4.70 Å². The number of nitrogens with zero attached hydrogens (tertiary/aromatic N) is 2. The van der Waals surface area contributed by atoms with Gasteiger partial charge in [0.25, 0.3) is 5.91 Å². The van der Waals surface area contributed by atoms with E-state index in [-0.39, 0.29) is 32.4 Å². The normalized spacial score (nSPS) is 15.7. The SMILES string of the molecule is COc1cc(C2C(C(=O)c3cc4ccccc4o3)=C(O)C(=O)N2c2nc3ccc(Cl)cc3s2)cc(Br)c1O. The zero-order valence-electron chi connectivity index (χ0n) is 19.4. The molecular weight excluding hydrogens is 596 g/mol. The first-order valence-electron chi connectivity index (χ1n) is 11.2. The zero-order valence-corrected chi connectivity index (χ0v) is 22.6. The van der Waals surface area contributed by atoms with E-state index in [2.05, 4.69) is 20.9 Å². The molecule has 0 radical (unpaired) electrons. The summed E-state index contributed by atoms with van der Waals surface area (Å²) in [5.41, 5.74) is 1.29. The van der Waals surface area contributed by atoms with Crippen molar-refractivity contribution in [2.45, 2.75) is 6.04 Å². The van der Waals surface area contributed by atoms with E-state index in [9.17, 15) is 19.8 Å². The highest BCUT2D eigenvalue weighted by atomic mass is 79.9. The van der Waals surface area contributed by atoms with E-state index >= 15 is 0 Å². The number of fused-ring (bicyclic) bond motifs is 2. The lowest BCUT2D eigenvalue weighted by Crippen LogP contribution is -2.31. The van der Waals surface area contributed by atoms with Crippen LogP contribution in [-0.2, 0) is 4.79 Å². The average molecular weight is 612 g/mol. The number of benzene rings is 3. The molecule has 0 aliphatic carbocycles. The van der Waals surface area contributed by atoms with Gasteiger partial charge in [-0.25, -0.2) is 4.98 Å². The molecule has 6 rings (SSSR count). The van der Waals surface area contributed by atoms with Gasteiger partial charge in [-0.2, -0.15) is 0 Å². The monoisotopic (exact) mass is 610 g/mol. The first-order chi connectivity index (χ1) is 18.3. The molecule has 1 atom stereocenters. The summed E-state index contributed by atoms with van der Waals surface area (Å²) in [4.78, 5) is 33.2. The maximum Gasteiger partial charge on any atom is 0.296 e. The van der Waals surface area contributed by atoms with Crippen LogP contribution in [0.2, 0.25) is 5.02 Å². The van der Waals surface area contributed by atoms with Gasteiger partial charge in [0.05, 0.1) is 33.4 Å². The maximum absolute atomic E-state index is 13.8. The Labute approximate surface area is 232 Å². The Hall–Kier alpha value is -3.86. The van der Waals surface area contributed by atoms with Crippen molar-refractivity contribution in [1.82, 2.24) is 4.98 Å². The van der Waals surface area contributed by atoms with Crippen LogP contribution in [0, 0.1) is 0 Å². The summed E-state index contributed by atoms with van der Waals surface area (Å²) < 4.78 is 12.1. The third kappa shape index (κ3) is 3.84. The van der Waals surface area contributed by atoms with Gasteiger partial charge in [0, 0.05) is 10.4 Å². The summed E-state index contributed by atoms with van der Waals surface area (Å²) in [6, 6.07) is 15.7. The van der Waals surface area contributed by atoms with Gasteiger partial charge < -0.3 is 19.4 Å². The molecule has 2 aromatic heterocycles. The number of Topliss-reactive ketones (excluding diaryl/α,β-unsaturated/α-hetero) is 1. The number of hydrogen-bond acceptors (Lipinski definition) is 8. The van der Waals surface area contributed by atoms with Crippen LogP contribution in [0.5, 0.6) is 11.5 Å². The van der Waals surface area contributed by atoms with Crippen LogP contribution in [0.25, 0.3) is 21.2 Å². The number of aliphatic hydroxyl groups excluding tert-OH is 1. The van der Waals surface area contributed by atoms with Gasteiger partial charge in [0.15, 0.2) is 28.1 Å². The molecular formula is C27H16BrClN2O6S. The molecule has 3 heterocycles. The first kappa shape index (κ1) is 24.5. The lowest BCUT2D eigenvalue weighted by molar-refractivity contribution is -0.117. The van der Waals surface area contributed by atoms with Crippen molar-refractivity contribution in [1.29, 1.82) is 0 Å². The molecule has 0 saturated heterocycles. The molecule has 1 amide bonds. The number of para-hydroxylation sites is 1. The van der Waals surface area contributed by atoms with Crippen molar-refractivity contribution in [2.75, 3.05) is 12.0 Å². The van der Waals surface area contributed by atoms with Crippen molar-refractivity contribution in [2.24, 2.45) is 0 Å². The fourth-order valence-corrected chi connectivity index (χ4v) is 6.20. The lowest BCUT2D eigenvalue weighted by atomic mass is 9.95. The number of methoxy groups -OCH3 is 1. The summed E-state index contributed by atoms with van der Waals surface area (Å²) in [5, 5.41) is 22.9. The molecule has 0 saturated carbocycles. The summed E-state index contributed by atoms with van der Waals surface area (Å²) in [7, 11) is 1.38. The summed E-state index contributed by atoms with van der Waals surface area (Å²) in [5.74, 6) is -2.26. The quantitative estimate of drug-likeness (QED) is 0.207. The number of carbonyl (C=O) groups is 2. The molecule has 0 fully saturated rings. The number of aromatic nitrogens is 1. The minimum atomic E-state index is -1.11. The predicted octanol–water partition coefficient (Wildman–Crippen LogP) is 6.96. The van der Waals surface area contributed by atoms with E-state index in [1.54, 1.807) is 48.5 Å². The second-order valence-electron chi connectivity index (χ2n) is 8.48. The molecule has 190 valence electrons. The largest absolute Gasteiger partial charge is 0.503 e. The molecule has 0 spiro atoms. The lowest BCUT2D eigenvalue weighted by Gasteiger charge is -2.25. The number of aliphatic hydroxyl groups is 1. The Kier molecular flexibility index (Phi) is 5.90. The van der Waals surface area contributed by atoms with Gasteiger partial charge in [0.2, 0.25) is 5.78 Å². The highest BCUT2D eigenvalue weighted by Crippen LogP contribution is 2.47. The standard InChI is InChI=1S/C27H16BrClN2O6S/c1-36-18-10-13(8-15(28)23(18)32)22-21(24(33)19-9-12-4-2-3-5-17(12)37-19)25(34)26(35)31(22)27-30-16-7-6-14(29)11-20(16)38-27/h2-11,22,32,34H,1H3. The minimum absolute atomic E-state index is 0.0340. The van der Waals surface area contributed by atoms with Crippen LogP contribution in [0.15, 0.2) is 80.9 Å². The third-order valence-electron chi connectivity index (χ3n) is 6.23. The maximum atomic E-state index is 13.8. The van der Waals surface area contributed by atoms with Crippen LogP contribution < -0.4 is 9.64 Å². The topological polar surface area (TPSA) is 113 Å². The number of aromatic hydroxyl groups is 1. The highest BCUT2D eigenvalue weighted by molar-refractivity contribution is 9.10. The van der Waals surface area contributed by atoms with E-state index in [0.29, 0.717) is 27.1 Å². The number of phenols is 1.